The predicted octanol–water partition coefficient (Wildman–Crippen LogP) is 6.63. The highest BCUT2D eigenvalue weighted by Gasteiger charge is 2.11. The lowest BCUT2D eigenvalue weighted by atomic mass is 9.89. The van der Waals surface area contributed by atoms with E-state index in [1.54, 1.807) is 0 Å². The van der Waals surface area contributed by atoms with E-state index in [1.165, 1.54) is 42.4 Å². The Morgan fingerprint density at radius 1 is 0.926 bits per heavy atom. The van der Waals surface area contributed by atoms with Crippen molar-refractivity contribution in [2.75, 3.05) is 6.61 Å². The van der Waals surface area contributed by atoms with Crippen LogP contribution in [0.5, 0.6) is 5.75 Å². The third-order valence-corrected chi connectivity index (χ3v) is 5.41. The van der Waals surface area contributed by atoms with E-state index in [2.05, 4.69) is 39.0 Å². The van der Waals surface area contributed by atoms with E-state index < -0.39 is 0 Å². The van der Waals surface area contributed by atoms with Gasteiger partial charge in [0.05, 0.1) is 6.61 Å². The summed E-state index contributed by atoms with van der Waals surface area (Å²) in [5, 5.41) is 0. The minimum absolute atomic E-state index is 0.702. The van der Waals surface area contributed by atoms with Crippen LogP contribution in [0.4, 0.5) is 0 Å². The van der Waals surface area contributed by atoms with E-state index in [0.29, 0.717) is 11.5 Å². The second-order valence-corrected chi connectivity index (χ2v) is 7.76. The fourth-order valence-corrected chi connectivity index (χ4v) is 3.57. The average Bonchev–Trinajstić information content (AvgIpc) is 2.66. The third kappa shape index (κ3) is 6.86. The Morgan fingerprint density at radius 3 is 2.37 bits per heavy atom. The van der Waals surface area contributed by atoms with Crippen LogP contribution in [0.2, 0.25) is 0 Å². The van der Waals surface area contributed by atoms with Gasteiger partial charge in [0.25, 0.3) is 0 Å². The van der Waals surface area contributed by atoms with Crippen LogP contribution in [-0.2, 0) is 6.42 Å². The summed E-state index contributed by atoms with van der Waals surface area (Å²) in [6.07, 6.45) is 8.13. The van der Waals surface area contributed by atoms with Gasteiger partial charge in [-0.3, -0.25) is 4.79 Å². The number of hydrogen-bond acceptors (Lipinski definition) is 2. The van der Waals surface area contributed by atoms with Crippen molar-refractivity contribution in [3.63, 3.8) is 0 Å². The molecule has 146 valence electrons. The maximum Gasteiger partial charge on any atom is 0.150 e. The molecule has 1 unspecified atom stereocenters. The van der Waals surface area contributed by atoms with Crippen LogP contribution in [0.25, 0.3) is 0 Å². The molecule has 0 aliphatic heterocycles. The van der Waals surface area contributed by atoms with Gasteiger partial charge in [0.15, 0.2) is 0 Å². The fraction of sp³-hybridized carbons (Fsp3) is 0.480. The van der Waals surface area contributed by atoms with E-state index in [4.69, 9.17) is 4.74 Å². The number of unbranched alkanes of at least 4 members (excludes halogenated alkanes) is 1. The smallest absolute Gasteiger partial charge is 0.150 e. The van der Waals surface area contributed by atoms with Crippen molar-refractivity contribution < 1.29 is 9.53 Å². The van der Waals surface area contributed by atoms with Gasteiger partial charge in [-0.25, -0.2) is 0 Å². The first kappa shape index (κ1) is 21.2. The van der Waals surface area contributed by atoms with Gasteiger partial charge in [-0.1, -0.05) is 44.4 Å². The number of carbonyl (C=O) groups excluding carboxylic acids is 1. The van der Waals surface area contributed by atoms with Crippen LogP contribution in [-0.4, -0.2) is 12.9 Å². The molecule has 0 fully saturated rings. The lowest BCUT2D eigenvalue weighted by Gasteiger charge is -2.18. The van der Waals surface area contributed by atoms with Gasteiger partial charge in [0.2, 0.25) is 0 Å². The minimum Gasteiger partial charge on any atom is -0.493 e. The number of aldehydes is 1. The summed E-state index contributed by atoms with van der Waals surface area (Å²) in [5.41, 5.74) is 5.94. The molecule has 0 N–H and O–H groups in total. The van der Waals surface area contributed by atoms with Crippen LogP contribution in [0, 0.1) is 26.7 Å². The van der Waals surface area contributed by atoms with Gasteiger partial charge in [-0.2, -0.15) is 0 Å². The second-order valence-electron chi connectivity index (χ2n) is 7.76. The highest BCUT2D eigenvalue weighted by Crippen LogP contribution is 2.23. The Bertz CT molecular complexity index is 733. The summed E-state index contributed by atoms with van der Waals surface area (Å²) >= 11 is 0. The minimum atomic E-state index is 0.702. The first-order chi connectivity index (χ1) is 13.0. The van der Waals surface area contributed by atoms with Crippen molar-refractivity contribution >= 4 is 6.29 Å². The van der Waals surface area contributed by atoms with Gasteiger partial charge >= 0.3 is 0 Å². The molecule has 1 atom stereocenters. The van der Waals surface area contributed by atoms with Crippen LogP contribution in [0.1, 0.15) is 71.6 Å². The first-order valence-electron chi connectivity index (χ1n) is 10.3. The molecule has 0 saturated carbocycles. The standard InChI is InChI=1S/C25H34O2/c1-5-6-8-22(17-23-11-10-19(2)20(3)15-23)9-7-14-27-25-13-12-24(18-26)16-21(25)4/h10-13,15-16,18,22H,5-9,14,17H2,1-4H3. The normalized spacial score (nSPS) is 12.0. The van der Waals surface area contributed by atoms with E-state index in [0.717, 1.165) is 37.0 Å². The van der Waals surface area contributed by atoms with E-state index >= 15 is 0 Å². The average molecular weight is 367 g/mol. The summed E-state index contributed by atoms with van der Waals surface area (Å²) < 4.78 is 5.96. The quantitative estimate of drug-likeness (QED) is 0.329. The van der Waals surface area contributed by atoms with Crippen molar-refractivity contribution in [1.82, 2.24) is 0 Å². The number of rotatable bonds is 11. The molecule has 2 heteroatoms. The zero-order valence-electron chi connectivity index (χ0n) is 17.4. The van der Waals surface area contributed by atoms with Crippen molar-refractivity contribution in [2.45, 2.75) is 66.2 Å². The SMILES string of the molecule is CCCCC(CCCOc1ccc(C=O)cc1C)Cc1ccc(C)c(C)c1. The van der Waals surface area contributed by atoms with Gasteiger partial charge in [0, 0.05) is 5.56 Å². The van der Waals surface area contributed by atoms with Crippen LogP contribution >= 0.6 is 0 Å². The summed E-state index contributed by atoms with van der Waals surface area (Å²) in [4.78, 5) is 10.8. The number of aryl methyl sites for hydroxylation is 3. The molecule has 0 aliphatic carbocycles. The molecule has 2 nitrogen and oxygen atoms in total. The van der Waals surface area contributed by atoms with E-state index in [-0.39, 0.29) is 0 Å². The van der Waals surface area contributed by atoms with Crippen molar-refractivity contribution in [1.29, 1.82) is 0 Å². The molecule has 0 spiro atoms. The molecule has 0 aromatic heterocycles. The molecule has 0 aliphatic rings. The Kier molecular flexibility index (Phi) is 8.57. The van der Waals surface area contributed by atoms with Gasteiger partial charge in [-0.15, -0.1) is 0 Å². The maximum atomic E-state index is 10.8. The van der Waals surface area contributed by atoms with E-state index in [1.807, 2.05) is 25.1 Å². The number of ether oxygens (including phenoxy) is 1. The lowest BCUT2D eigenvalue weighted by Crippen LogP contribution is -2.08. The topological polar surface area (TPSA) is 26.3 Å². The Morgan fingerprint density at radius 2 is 1.70 bits per heavy atom. The summed E-state index contributed by atoms with van der Waals surface area (Å²) in [6, 6.07) is 12.5. The summed E-state index contributed by atoms with van der Waals surface area (Å²) in [7, 11) is 0. The molecule has 0 bridgehead atoms. The zero-order chi connectivity index (χ0) is 19.6. The molecule has 0 amide bonds. The van der Waals surface area contributed by atoms with Gasteiger partial charge in [-0.05, 0) is 86.4 Å². The molecule has 0 radical (unpaired) electrons. The van der Waals surface area contributed by atoms with E-state index in [9.17, 15) is 4.79 Å². The van der Waals surface area contributed by atoms with Crippen molar-refractivity contribution in [2.24, 2.45) is 5.92 Å². The third-order valence-electron chi connectivity index (χ3n) is 5.41. The monoisotopic (exact) mass is 366 g/mol. The van der Waals surface area contributed by atoms with Crippen LogP contribution in [0.15, 0.2) is 36.4 Å². The Balaban J connectivity index is 1.86. The Labute approximate surface area is 165 Å². The number of hydrogen-bond donors (Lipinski definition) is 0. The summed E-state index contributed by atoms with van der Waals surface area (Å²) in [5.74, 6) is 1.61. The van der Waals surface area contributed by atoms with Crippen molar-refractivity contribution in [3.05, 3.63) is 64.2 Å². The van der Waals surface area contributed by atoms with Gasteiger partial charge in [0.1, 0.15) is 12.0 Å². The van der Waals surface area contributed by atoms with Crippen molar-refractivity contribution in [3.8, 4) is 5.75 Å². The highest BCUT2D eigenvalue weighted by atomic mass is 16.5. The molecule has 2 aromatic carbocycles. The zero-order valence-corrected chi connectivity index (χ0v) is 17.4. The number of benzene rings is 2. The molecule has 2 rings (SSSR count). The highest BCUT2D eigenvalue weighted by molar-refractivity contribution is 5.75. The molecule has 0 saturated heterocycles. The van der Waals surface area contributed by atoms with Crippen LogP contribution < -0.4 is 4.74 Å². The van der Waals surface area contributed by atoms with Crippen LogP contribution in [0.3, 0.4) is 0 Å². The predicted molar refractivity (Wildman–Crippen MR) is 114 cm³/mol. The fourth-order valence-electron chi connectivity index (χ4n) is 3.57. The Hall–Kier alpha value is -2.09. The molecule has 2 aromatic rings. The number of carbonyl (C=O) groups is 1. The largest absolute Gasteiger partial charge is 0.493 e. The summed E-state index contributed by atoms with van der Waals surface area (Å²) in [6.45, 7) is 9.37. The maximum absolute atomic E-state index is 10.8. The molecule has 0 heterocycles. The molecular formula is C25H34O2. The lowest BCUT2D eigenvalue weighted by molar-refractivity contribution is 0.112. The second kappa shape index (κ2) is 10.9. The molecular weight excluding hydrogens is 332 g/mol. The molecule has 27 heavy (non-hydrogen) atoms. The van der Waals surface area contributed by atoms with Gasteiger partial charge < -0.3 is 4.74 Å². The first-order valence-corrected chi connectivity index (χ1v) is 10.3.